The van der Waals surface area contributed by atoms with Crippen LogP contribution in [0.4, 0.5) is 0 Å². The average molecular weight is 265 g/mol. The van der Waals surface area contributed by atoms with Gasteiger partial charge in [0.1, 0.15) is 5.75 Å². The highest BCUT2D eigenvalue weighted by atomic mass is 35.5. The third kappa shape index (κ3) is 2.78. The van der Waals surface area contributed by atoms with E-state index in [-0.39, 0.29) is 12.6 Å². The fourth-order valence-corrected chi connectivity index (χ4v) is 1.73. The van der Waals surface area contributed by atoms with E-state index in [1.807, 2.05) is 13.0 Å². The van der Waals surface area contributed by atoms with Crippen LogP contribution in [0, 0.1) is 13.8 Å². The standard InChI is InChI=1S/C13H13ClN2O2/c1-8-5-11(14)3-4-12(8)18-13-15-6-10(7-17)9(2)16-13/h3-6,17H,7H2,1-2H3. The summed E-state index contributed by atoms with van der Waals surface area (Å²) in [5.74, 6) is 0.663. The Bertz CT molecular complexity index is 573. The minimum absolute atomic E-state index is 0.0773. The Kier molecular flexibility index (Phi) is 3.79. The average Bonchev–Trinajstić information content (AvgIpc) is 2.33. The summed E-state index contributed by atoms with van der Waals surface area (Å²) in [6, 6.07) is 5.59. The predicted octanol–water partition coefficient (Wildman–Crippen LogP) is 3.03. The van der Waals surface area contributed by atoms with Crippen LogP contribution in [0.5, 0.6) is 11.8 Å². The van der Waals surface area contributed by atoms with Crippen LogP contribution < -0.4 is 4.74 Å². The van der Waals surface area contributed by atoms with Crippen molar-refractivity contribution in [2.75, 3.05) is 0 Å². The molecular formula is C13H13ClN2O2. The number of ether oxygens (including phenoxy) is 1. The maximum absolute atomic E-state index is 9.04. The third-order valence-corrected chi connectivity index (χ3v) is 2.80. The second-order valence-electron chi connectivity index (χ2n) is 3.93. The van der Waals surface area contributed by atoms with E-state index in [2.05, 4.69) is 9.97 Å². The van der Waals surface area contributed by atoms with Crippen LogP contribution in [-0.2, 0) is 6.61 Å². The molecule has 0 amide bonds. The molecule has 0 unspecified atom stereocenters. The Balaban J connectivity index is 2.26. The highest BCUT2D eigenvalue weighted by molar-refractivity contribution is 6.30. The van der Waals surface area contributed by atoms with Crippen molar-refractivity contribution in [1.82, 2.24) is 9.97 Å². The number of rotatable bonds is 3. The Morgan fingerprint density at radius 1 is 1.33 bits per heavy atom. The molecule has 0 bridgehead atoms. The molecule has 1 aromatic carbocycles. The number of halogens is 1. The van der Waals surface area contributed by atoms with Gasteiger partial charge < -0.3 is 9.84 Å². The monoisotopic (exact) mass is 264 g/mol. The summed E-state index contributed by atoms with van der Waals surface area (Å²) in [7, 11) is 0. The highest BCUT2D eigenvalue weighted by Crippen LogP contribution is 2.25. The van der Waals surface area contributed by atoms with Crippen LogP contribution in [0.25, 0.3) is 0 Å². The van der Waals surface area contributed by atoms with Gasteiger partial charge in [0.05, 0.1) is 12.3 Å². The van der Waals surface area contributed by atoms with E-state index < -0.39 is 0 Å². The molecule has 0 aliphatic carbocycles. The first-order chi connectivity index (χ1) is 8.60. The molecule has 0 saturated heterocycles. The summed E-state index contributed by atoms with van der Waals surface area (Å²) in [4.78, 5) is 8.22. The number of hydrogen-bond acceptors (Lipinski definition) is 4. The lowest BCUT2D eigenvalue weighted by Crippen LogP contribution is -1.99. The molecule has 0 spiro atoms. The van der Waals surface area contributed by atoms with E-state index >= 15 is 0 Å². The van der Waals surface area contributed by atoms with E-state index in [4.69, 9.17) is 21.4 Å². The number of aromatic nitrogens is 2. The van der Waals surface area contributed by atoms with E-state index in [9.17, 15) is 0 Å². The van der Waals surface area contributed by atoms with Crippen molar-refractivity contribution >= 4 is 11.6 Å². The molecule has 0 atom stereocenters. The second-order valence-corrected chi connectivity index (χ2v) is 4.37. The predicted molar refractivity (Wildman–Crippen MR) is 69.0 cm³/mol. The largest absolute Gasteiger partial charge is 0.424 e. The van der Waals surface area contributed by atoms with Crippen LogP contribution in [0.1, 0.15) is 16.8 Å². The number of benzene rings is 1. The van der Waals surface area contributed by atoms with Gasteiger partial charge in [-0.3, -0.25) is 0 Å². The Hall–Kier alpha value is -1.65. The van der Waals surface area contributed by atoms with Crippen molar-refractivity contribution in [2.24, 2.45) is 0 Å². The molecule has 0 fully saturated rings. The van der Waals surface area contributed by atoms with Gasteiger partial charge in [0, 0.05) is 16.8 Å². The lowest BCUT2D eigenvalue weighted by molar-refractivity contribution is 0.279. The van der Waals surface area contributed by atoms with Gasteiger partial charge in [-0.1, -0.05) is 11.6 Å². The molecule has 2 rings (SSSR count). The van der Waals surface area contributed by atoms with Crippen molar-refractivity contribution in [2.45, 2.75) is 20.5 Å². The van der Waals surface area contributed by atoms with Gasteiger partial charge in [-0.15, -0.1) is 0 Å². The Labute approximate surface area is 110 Å². The van der Waals surface area contributed by atoms with Gasteiger partial charge in [0.25, 0.3) is 0 Å². The summed E-state index contributed by atoms with van der Waals surface area (Å²) in [6.07, 6.45) is 1.56. The van der Waals surface area contributed by atoms with Crippen LogP contribution in [-0.4, -0.2) is 15.1 Å². The van der Waals surface area contributed by atoms with E-state index in [0.29, 0.717) is 22.0 Å². The number of aryl methyl sites for hydroxylation is 2. The fourth-order valence-electron chi connectivity index (χ4n) is 1.50. The van der Waals surface area contributed by atoms with Crippen molar-refractivity contribution in [3.8, 4) is 11.8 Å². The van der Waals surface area contributed by atoms with Gasteiger partial charge in [0.2, 0.25) is 0 Å². The third-order valence-electron chi connectivity index (χ3n) is 2.57. The van der Waals surface area contributed by atoms with E-state index in [1.165, 1.54) is 0 Å². The Morgan fingerprint density at radius 2 is 2.11 bits per heavy atom. The van der Waals surface area contributed by atoms with Gasteiger partial charge in [-0.25, -0.2) is 4.98 Å². The lowest BCUT2D eigenvalue weighted by atomic mass is 10.2. The second kappa shape index (κ2) is 5.33. The molecule has 0 aliphatic rings. The zero-order chi connectivity index (χ0) is 13.1. The summed E-state index contributed by atoms with van der Waals surface area (Å²) >= 11 is 5.87. The zero-order valence-electron chi connectivity index (χ0n) is 10.1. The molecule has 0 saturated carbocycles. The Morgan fingerprint density at radius 3 is 2.72 bits per heavy atom. The first kappa shape index (κ1) is 12.8. The highest BCUT2D eigenvalue weighted by Gasteiger charge is 2.06. The minimum Gasteiger partial charge on any atom is -0.424 e. The quantitative estimate of drug-likeness (QED) is 0.926. The lowest BCUT2D eigenvalue weighted by Gasteiger charge is -2.08. The van der Waals surface area contributed by atoms with Crippen molar-refractivity contribution in [3.05, 3.63) is 46.2 Å². The molecule has 18 heavy (non-hydrogen) atoms. The minimum atomic E-state index is -0.0773. The molecule has 5 heteroatoms. The summed E-state index contributed by atoms with van der Waals surface area (Å²) in [5, 5.41) is 9.70. The van der Waals surface area contributed by atoms with Gasteiger partial charge in [-0.05, 0) is 37.6 Å². The molecule has 94 valence electrons. The first-order valence-corrected chi connectivity index (χ1v) is 5.85. The van der Waals surface area contributed by atoms with Crippen LogP contribution in [0.3, 0.4) is 0 Å². The molecular weight excluding hydrogens is 252 g/mol. The van der Waals surface area contributed by atoms with Crippen LogP contribution in [0.15, 0.2) is 24.4 Å². The van der Waals surface area contributed by atoms with Gasteiger partial charge in [0.15, 0.2) is 0 Å². The molecule has 1 heterocycles. The molecule has 0 radical (unpaired) electrons. The molecule has 4 nitrogen and oxygen atoms in total. The first-order valence-electron chi connectivity index (χ1n) is 5.47. The molecule has 1 aromatic heterocycles. The molecule has 0 aliphatic heterocycles. The van der Waals surface area contributed by atoms with Gasteiger partial charge in [-0.2, -0.15) is 4.98 Å². The molecule has 1 N–H and O–H groups in total. The van der Waals surface area contributed by atoms with Crippen molar-refractivity contribution in [1.29, 1.82) is 0 Å². The zero-order valence-corrected chi connectivity index (χ0v) is 10.9. The normalized spacial score (nSPS) is 10.4. The summed E-state index contributed by atoms with van der Waals surface area (Å²) in [6.45, 7) is 3.62. The van der Waals surface area contributed by atoms with Gasteiger partial charge >= 0.3 is 6.01 Å². The summed E-state index contributed by atoms with van der Waals surface area (Å²) in [5.41, 5.74) is 2.30. The van der Waals surface area contributed by atoms with Crippen molar-refractivity contribution < 1.29 is 9.84 Å². The van der Waals surface area contributed by atoms with E-state index in [0.717, 1.165) is 5.56 Å². The number of aliphatic hydroxyl groups is 1. The SMILES string of the molecule is Cc1cc(Cl)ccc1Oc1ncc(CO)c(C)n1. The van der Waals surface area contributed by atoms with E-state index in [1.54, 1.807) is 25.3 Å². The number of aliphatic hydroxyl groups excluding tert-OH is 1. The smallest absolute Gasteiger partial charge is 0.322 e. The maximum atomic E-state index is 9.04. The van der Waals surface area contributed by atoms with Crippen molar-refractivity contribution in [3.63, 3.8) is 0 Å². The maximum Gasteiger partial charge on any atom is 0.322 e. The molecule has 2 aromatic rings. The van der Waals surface area contributed by atoms with Crippen LogP contribution in [0.2, 0.25) is 5.02 Å². The topological polar surface area (TPSA) is 55.2 Å². The number of hydrogen-bond donors (Lipinski definition) is 1. The van der Waals surface area contributed by atoms with Crippen LogP contribution >= 0.6 is 11.6 Å². The fraction of sp³-hybridized carbons (Fsp3) is 0.231. The summed E-state index contributed by atoms with van der Waals surface area (Å²) < 4.78 is 5.58. The number of nitrogens with zero attached hydrogens (tertiary/aromatic N) is 2.